The van der Waals surface area contributed by atoms with E-state index in [0.29, 0.717) is 51.2 Å². The second-order valence-electron chi connectivity index (χ2n) is 6.82. The highest BCUT2D eigenvalue weighted by molar-refractivity contribution is 5.74. The largest absolute Gasteiger partial charge is 0.382 e. The maximum absolute atomic E-state index is 12.3. The van der Waals surface area contributed by atoms with E-state index in [2.05, 4.69) is 27.6 Å². The molecule has 2 heterocycles. The summed E-state index contributed by atoms with van der Waals surface area (Å²) in [5.41, 5.74) is 1.22. The number of carbonyl (C=O) groups excluding carboxylic acids is 1. The molecule has 8 heteroatoms. The lowest BCUT2D eigenvalue weighted by Crippen LogP contribution is -2.44. The van der Waals surface area contributed by atoms with Crippen molar-refractivity contribution < 1.29 is 18.8 Å². The molecule has 0 unspecified atom stereocenters. The summed E-state index contributed by atoms with van der Waals surface area (Å²) >= 11 is 0. The number of methoxy groups -OCH3 is 1. The van der Waals surface area contributed by atoms with Crippen LogP contribution in [0.3, 0.4) is 0 Å². The highest BCUT2D eigenvalue weighted by Gasteiger charge is 2.26. The Bertz CT molecular complexity index is 714. The molecule has 0 radical (unpaired) electrons. The first-order valence-electron chi connectivity index (χ1n) is 9.72. The number of nitrogens with one attached hydrogen (secondary N) is 1. The number of urea groups is 1. The fraction of sp³-hybridized carbons (Fsp3) is 0.550. The molecule has 152 valence electrons. The van der Waals surface area contributed by atoms with Gasteiger partial charge in [-0.2, -0.15) is 4.98 Å². The van der Waals surface area contributed by atoms with E-state index in [0.717, 1.165) is 19.3 Å². The summed E-state index contributed by atoms with van der Waals surface area (Å²) in [5, 5.41) is 7.08. The third-order valence-electron chi connectivity index (χ3n) is 4.82. The van der Waals surface area contributed by atoms with Crippen LogP contribution in [0.5, 0.6) is 0 Å². The lowest BCUT2D eigenvalue weighted by molar-refractivity contribution is 0.0494. The predicted molar refractivity (Wildman–Crippen MR) is 103 cm³/mol. The van der Waals surface area contributed by atoms with Gasteiger partial charge in [-0.25, -0.2) is 4.79 Å². The van der Waals surface area contributed by atoms with Crippen molar-refractivity contribution in [2.45, 2.75) is 31.8 Å². The zero-order chi connectivity index (χ0) is 19.6. The first-order valence-corrected chi connectivity index (χ1v) is 9.72. The number of amides is 2. The quantitative estimate of drug-likeness (QED) is 0.664. The highest BCUT2D eigenvalue weighted by Crippen LogP contribution is 2.26. The Morgan fingerprint density at radius 2 is 2.04 bits per heavy atom. The molecule has 1 fully saturated rings. The molecule has 0 spiro atoms. The van der Waals surface area contributed by atoms with Crippen LogP contribution in [-0.2, 0) is 22.5 Å². The number of aromatic nitrogens is 2. The smallest absolute Gasteiger partial charge is 0.317 e. The molecule has 0 atom stereocenters. The van der Waals surface area contributed by atoms with Gasteiger partial charge >= 0.3 is 6.03 Å². The zero-order valence-corrected chi connectivity index (χ0v) is 16.3. The lowest BCUT2D eigenvalue weighted by atomic mass is 9.96. The number of ether oxygens (including phenoxy) is 2. The Morgan fingerprint density at radius 3 is 2.79 bits per heavy atom. The number of piperidine rings is 1. The highest BCUT2D eigenvalue weighted by atomic mass is 16.5. The molecule has 1 N–H and O–H groups in total. The standard InChI is InChI=1S/C20H28N4O4/c1-26-13-14-27-15-18-22-19(23-28-18)17-8-11-24(12-9-17)20(25)21-10-7-16-5-3-2-4-6-16/h2-6,17H,7-15H2,1H3,(H,21,25). The monoisotopic (exact) mass is 388 g/mol. The molecule has 0 aliphatic carbocycles. The lowest BCUT2D eigenvalue weighted by Gasteiger charge is -2.30. The van der Waals surface area contributed by atoms with E-state index in [-0.39, 0.29) is 11.9 Å². The van der Waals surface area contributed by atoms with Gasteiger partial charge in [-0.15, -0.1) is 0 Å². The molecule has 3 rings (SSSR count). The fourth-order valence-electron chi connectivity index (χ4n) is 3.21. The Balaban J connectivity index is 1.37. The number of rotatable bonds is 9. The zero-order valence-electron chi connectivity index (χ0n) is 16.3. The normalized spacial score (nSPS) is 15.0. The van der Waals surface area contributed by atoms with E-state index in [1.54, 1.807) is 7.11 Å². The Labute approximate surface area is 165 Å². The summed E-state index contributed by atoms with van der Waals surface area (Å²) in [5.74, 6) is 1.39. The van der Waals surface area contributed by atoms with Gasteiger partial charge in [-0.1, -0.05) is 35.5 Å². The summed E-state index contributed by atoms with van der Waals surface area (Å²) in [7, 11) is 1.63. The van der Waals surface area contributed by atoms with Crippen molar-refractivity contribution in [2.75, 3.05) is 40.0 Å². The van der Waals surface area contributed by atoms with E-state index in [1.165, 1.54) is 5.56 Å². The van der Waals surface area contributed by atoms with Crippen molar-refractivity contribution in [1.82, 2.24) is 20.4 Å². The van der Waals surface area contributed by atoms with Crippen molar-refractivity contribution in [1.29, 1.82) is 0 Å². The number of hydrogen-bond acceptors (Lipinski definition) is 6. The molecular formula is C20H28N4O4. The number of nitrogens with zero attached hydrogens (tertiary/aromatic N) is 3. The van der Waals surface area contributed by atoms with Crippen LogP contribution < -0.4 is 5.32 Å². The third kappa shape index (κ3) is 6.03. The molecule has 28 heavy (non-hydrogen) atoms. The minimum absolute atomic E-state index is 0.00488. The molecule has 1 aliphatic rings. The molecule has 2 amide bonds. The van der Waals surface area contributed by atoms with Crippen LogP contribution in [0, 0.1) is 0 Å². The van der Waals surface area contributed by atoms with Crippen LogP contribution >= 0.6 is 0 Å². The average Bonchev–Trinajstić information content (AvgIpc) is 3.21. The van der Waals surface area contributed by atoms with Crippen LogP contribution in [0.15, 0.2) is 34.9 Å². The summed E-state index contributed by atoms with van der Waals surface area (Å²) < 4.78 is 15.6. The van der Waals surface area contributed by atoms with Crippen LogP contribution in [0.25, 0.3) is 0 Å². The maximum Gasteiger partial charge on any atom is 0.317 e. The molecule has 2 aromatic rings. The number of carbonyl (C=O) groups is 1. The predicted octanol–water partition coefficient (Wildman–Crippen LogP) is 2.36. The molecule has 1 saturated heterocycles. The second-order valence-corrected chi connectivity index (χ2v) is 6.82. The van der Waals surface area contributed by atoms with Crippen molar-refractivity contribution in [3.63, 3.8) is 0 Å². The average molecular weight is 388 g/mol. The van der Waals surface area contributed by atoms with Crippen LogP contribution in [0.4, 0.5) is 4.79 Å². The first kappa shape index (κ1) is 20.3. The van der Waals surface area contributed by atoms with E-state index in [9.17, 15) is 4.79 Å². The first-order chi connectivity index (χ1) is 13.8. The van der Waals surface area contributed by atoms with Crippen LogP contribution in [-0.4, -0.2) is 61.0 Å². The topological polar surface area (TPSA) is 89.7 Å². The minimum atomic E-state index is -0.00488. The van der Waals surface area contributed by atoms with Crippen LogP contribution in [0.1, 0.15) is 36.0 Å². The molecule has 0 saturated carbocycles. The van der Waals surface area contributed by atoms with Gasteiger partial charge in [0.15, 0.2) is 5.82 Å². The Morgan fingerprint density at radius 1 is 1.25 bits per heavy atom. The van der Waals surface area contributed by atoms with Gasteiger partial charge in [-0.05, 0) is 24.8 Å². The van der Waals surface area contributed by atoms with E-state index in [4.69, 9.17) is 14.0 Å². The van der Waals surface area contributed by atoms with Gasteiger partial charge in [0.25, 0.3) is 5.89 Å². The number of hydrogen-bond donors (Lipinski definition) is 1. The fourth-order valence-corrected chi connectivity index (χ4v) is 3.21. The molecule has 1 aromatic carbocycles. The summed E-state index contributed by atoms with van der Waals surface area (Å²) in [6.45, 7) is 3.34. The van der Waals surface area contributed by atoms with Crippen molar-refractivity contribution >= 4 is 6.03 Å². The van der Waals surface area contributed by atoms with Gasteiger partial charge in [0, 0.05) is 32.7 Å². The van der Waals surface area contributed by atoms with Gasteiger partial charge in [0.2, 0.25) is 0 Å². The van der Waals surface area contributed by atoms with E-state index < -0.39 is 0 Å². The maximum atomic E-state index is 12.3. The number of benzene rings is 1. The molecule has 1 aliphatic heterocycles. The molecule has 0 bridgehead atoms. The SMILES string of the molecule is COCCOCc1nc(C2CCN(C(=O)NCCc3ccccc3)CC2)no1. The molecule has 1 aromatic heterocycles. The number of likely N-dealkylation sites (tertiary alicyclic amines) is 1. The Hall–Kier alpha value is -2.45. The van der Waals surface area contributed by atoms with Gasteiger partial charge < -0.3 is 24.2 Å². The minimum Gasteiger partial charge on any atom is -0.382 e. The third-order valence-corrected chi connectivity index (χ3v) is 4.82. The van der Waals surface area contributed by atoms with Gasteiger partial charge in [0.05, 0.1) is 13.2 Å². The summed E-state index contributed by atoms with van der Waals surface area (Å²) in [4.78, 5) is 18.6. The van der Waals surface area contributed by atoms with Crippen molar-refractivity contribution in [3.05, 3.63) is 47.6 Å². The van der Waals surface area contributed by atoms with Crippen LogP contribution in [0.2, 0.25) is 0 Å². The molecular weight excluding hydrogens is 360 g/mol. The van der Waals surface area contributed by atoms with E-state index in [1.807, 2.05) is 23.1 Å². The van der Waals surface area contributed by atoms with E-state index >= 15 is 0 Å². The van der Waals surface area contributed by atoms with Gasteiger partial charge in [-0.3, -0.25) is 0 Å². The molecule has 8 nitrogen and oxygen atoms in total. The Kier molecular flexibility index (Phi) is 7.81. The van der Waals surface area contributed by atoms with Crippen molar-refractivity contribution in [2.24, 2.45) is 0 Å². The summed E-state index contributed by atoms with van der Waals surface area (Å²) in [6.07, 6.45) is 2.49. The van der Waals surface area contributed by atoms with Crippen molar-refractivity contribution in [3.8, 4) is 0 Å². The second kappa shape index (κ2) is 10.8. The van der Waals surface area contributed by atoms with Gasteiger partial charge in [0.1, 0.15) is 6.61 Å². The summed E-state index contributed by atoms with van der Waals surface area (Å²) in [6, 6.07) is 10.1.